The Labute approximate surface area is 181 Å². The van der Waals surface area contributed by atoms with Crippen LogP contribution >= 0.6 is 0 Å². The van der Waals surface area contributed by atoms with Crippen molar-refractivity contribution in [2.24, 2.45) is 5.92 Å². The number of H-pyrrole nitrogens is 1. The number of ether oxygens (including phenoxy) is 1. The normalized spacial score (nSPS) is 13.6. The molecule has 0 bridgehead atoms. The van der Waals surface area contributed by atoms with Crippen LogP contribution in [0.2, 0.25) is 0 Å². The van der Waals surface area contributed by atoms with E-state index in [-0.39, 0.29) is 5.82 Å². The van der Waals surface area contributed by atoms with Gasteiger partial charge in [-0.3, -0.25) is 4.98 Å². The highest BCUT2D eigenvalue weighted by atomic mass is 19.4. The molecule has 1 saturated carbocycles. The Morgan fingerprint density at radius 3 is 2.38 bits per heavy atom. The van der Waals surface area contributed by atoms with Gasteiger partial charge < -0.3 is 19.9 Å². The third-order valence-electron chi connectivity index (χ3n) is 5.10. The number of aromatic nitrogens is 3. The van der Waals surface area contributed by atoms with E-state index in [1.807, 2.05) is 25.1 Å². The molecule has 0 amide bonds. The molecule has 3 N–H and O–H groups in total. The predicted molar refractivity (Wildman–Crippen MR) is 110 cm³/mol. The van der Waals surface area contributed by atoms with Crippen molar-refractivity contribution >= 4 is 6.16 Å². The van der Waals surface area contributed by atoms with Crippen molar-refractivity contribution in [3.63, 3.8) is 0 Å². The third kappa shape index (κ3) is 5.99. The number of imidazole rings is 1. The molecule has 170 valence electrons. The summed E-state index contributed by atoms with van der Waals surface area (Å²) in [5.74, 6) is 1.66. The first-order valence-corrected chi connectivity index (χ1v) is 9.88. The fourth-order valence-corrected chi connectivity index (χ4v) is 3.19. The number of hydrogen-bond acceptors (Lipinski definition) is 4. The summed E-state index contributed by atoms with van der Waals surface area (Å²) in [6, 6.07) is 9.37. The van der Waals surface area contributed by atoms with Gasteiger partial charge in [-0.05, 0) is 61.6 Å². The first kappa shape index (κ1) is 23.1. The first-order valence-electron chi connectivity index (χ1n) is 9.88. The molecule has 0 aliphatic heterocycles. The lowest BCUT2D eigenvalue weighted by molar-refractivity contribution is -0.140. The summed E-state index contributed by atoms with van der Waals surface area (Å²) in [6.45, 7) is 2.75. The highest BCUT2D eigenvalue weighted by molar-refractivity contribution is 5.67. The molecule has 0 unspecified atom stereocenters. The summed E-state index contributed by atoms with van der Waals surface area (Å²) in [4.78, 5) is 19.0. The van der Waals surface area contributed by atoms with E-state index >= 15 is 0 Å². The minimum atomic E-state index is -4.45. The van der Waals surface area contributed by atoms with Crippen molar-refractivity contribution < 1.29 is 32.9 Å². The summed E-state index contributed by atoms with van der Waals surface area (Å²) in [6.07, 6.45) is -0.188. The molecule has 32 heavy (non-hydrogen) atoms. The van der Waals surface area contributed by atoms with Crippen molar-refractivity contribution in [2.75, 3.05) is 6.61 Å². The van der Waals surface area contributed by atoms with E-state index in [9.17, 15) is 13.2 Å². The number of alkyl halides is 3. The molecule has 1 aromatic carbocycles. The van der Waals surface area contributed by atoms with Crippen molar-refractivity contribution in [1.29, 1.82) is 0 Å². The van der Waals surface area contributed by atoms with Crippen LogP contribution in [0.3, 0.4) is 0 Å². The smallest absolute Gasteiger partial charge is 0.493 e. The first-order chi connectivity index (χ1) is 15.1. The van der Waals surface area contributed by atoms with Crippen LogP contribution in [0, 0.1) is 12.8 Å². The molecule has 0 radical (unpaired) electrons. The molecule has 0 atom stereocenters. The molecule has 3 aromatic rings. The molecule has 1 fully saturated rings. The Hall–Kier alpha value is -3.56. The molecule has 2 heterocycles. The molecular weight excluding hydrogens is 427 g/mol. The van der Waals surface area contributed by atoms with Crippen LogP contribution in [0.4, 0.5) is 18.0 Å². The number of halogens is 3. The number of nitrogens with zero attached hydrogens (tertiary/aromatic N) is 2. The number of benzene rings is 1. The van der Waals surface area contributed by atoms with Crippen molar-refractivity contribution in [1.82, 2.24) is 15.0 Å². The lowest BCUT2D eigenvalue weighted by Gasteiger charge is -2.25. The van der Waals surface area contributed by atoms with Crippen molar-refractivity contribution in [2.45, 2.75) is 32.4 Å². The molecule has 4 rings (SSSR count). The van der Waals surface area contributed by atoms with Crippen LogP contribution in [0.15, 0.2) is 42.7 Å². The number of carboxylic acid groups (broad SMARTS) is 2. The Morgan fingerprint density at radius 2 is 1.88 bits per heavy atom. The van der Waals surface area contributed by atoms with Gasteiger partial charge in [-0.15, -0.1) is 0 Å². The largest absolute Gasteiger partial charge is 0.503 e. The van der Waals surface area contributed by atoms with Gasteiger partial charge in [-0.1, -0.05) is 6.42 Å². The van der Waals surface area contributed by atoms with Gasteiger partial charge in [0.05, 0.1) is 18.5 Å². The van der Waals surface area contributed by atoms with Gasteiger partial charge in [0.25, 0.3) is 0 Å². The molecule has 1 aliphatic rings. The van der Waals surface area contributed by atoms with Gasteiger partial charge >= 0.3 is 12.3 Å². The molecule has 10 heteroatoms. The second-order valence-corrected chi connectivity index (χ2v) is 7.44. The molecule has 0 saturated heterocycles. The average molecular weight is 449 g/mol. The van der Waals surface area contributed by atoms with E-state index in [2.05, 4.69) is 15.0 Å². The lowest BCUT2D eigenvalue weighted by atomic mass is 9.86. The van der Waals surface area contributed by atoms with E-state index in [1.165, 1.54) is 25.5 Å². The van der Waals surface area contributed by atoms with Gasteiger partial charge in [0.1, 0.15) is 17.3 Å². The zero-order chi connectivity index (χ0) is 23.3. The van der Waals surface area contributed by atoms with Gasteiger partial charge in [-0.25, -0.2) is 9.78 Å². The quantitative estimate of drug-likeness (QED) is 0.450. The van der Waals surface area contributed by atoms with Gasteiger partial charge in [-0.2, -0.15) is 13.2 Å². The average Bonchev–Trinajstić information content (AvgIpc) is 3.17. The van der Waals surface area contributed by atoms with Gasteiger partial charge in [0.15, 0.2) is 0 Å². The van der Waals surface area contributed by atoms with E-state index in [4.69, 9.17) is 19.7 Å². The predicted octanol–water partition coefficient (Wildman–Crippen LogP) is 5.87. The summed E-state index contributed by atoms with van der Waals surface area (Å²) in [5.41, 5.74) is 2.35. The minimum absolute atomic E-state index is 0.142. The standard InChI is InChI=1S/C21H20F3N3O.CH2O3/c1-13-9-16(28-12-14-3-2-4-14)6-7-17(13)18-8-5-15(10-25-18)20-26-11-19(27-20)21(22,23)24;2-1(3)4/h5-11,14H,2-4,12H2,1H3,(H,26,27);(H2,2,3,4). The zero-order valence-corrected chi connectivity index (χ0v) is 17.2. The number of carbonyl (C=O) groups is 1. The summed E-state index contributed by atoms with van der Waals surface area (Å²) in [7, 11) is 0. The van der Waals surface area contributed by atoms with Crippen LogP contribution in [-0.2, 0) is 6.18 Å². The molecule has 7 nitrogen and oxygen atoms in total. The highest BCUT2D eigenvalue weighted by Gasteiger charge is 2.33. The molecule has 2 aromatic heterocycles. The van der Waals surface area contributed by atoms with E-state index in [1.54, 1.807) is 12.1 Å². The van der Waals surface area contributed by atoms with Crippen LogP contribution < -0.4 is 4.74 Å². The second kappa shape index (κ2) is 9.71. The number of hydrogen-bond donors (Lipinski definition) is 3. The Morgan fingerprint density at radius 1 is 1.16 bits per heavy atom. The summed E-state index contributed by atoms with van der Waals surface area (Å²) >= 11 is 0. The van der Waals surface area contributed by atoms with E-state index < -0.39 is 18.0 Å². The van der Waals surface area contributed by atoms with E-state index in [0.717, 1.165) is 35.4 Å². The fourth-order valence-electron chi connectivity index (χ4n) is 3.19. The second-order valence-electron chi connectivity index (χ2n) is 7.44. The topological polar surface area (TPSA) is 108 Å². The molecule has 0 spiro atoms. The monoisotopic (exact) mass is 449 g/mol. The molecular formula is C22H22F3N3O4. The molecule has 1 aliphatic carbocycles. The third-order valence-corrected chi connectivity index (χ3v) is 5.10. The van der Waals surface area contributed by atoms with Crippen LogP contribution in [-0.4, -0.2) is 37.9 Å². The maximum Gasteiger partial charge on any atom is 0.503 e. The zero-order valence-electron chi connectivity index (χ0n) is 17.2. The highest BCUT2D eigenvalue weighted by Crippen LogP contribution is 2.31. The Kier molecular flexibility index (Phi) is 7.01. The van der Waals surface area contributed by atoms with Gasteiger partial charge in [0, 0.05) is 17.3 Å². The maximum absolute atomic E-state index is 12.7. The lowest BCUT2D eigenvalue weighted by Crippen LogP contribution is -2.19. The van der Waals surface area contributed by atoms with Crippen LogP contribution in [0.5, 0.6) is 5.75 Å². The Balaban J connectivity index is 0.000000668. The minimum Gasteiger partial charge on any atom is -0.493 e. The summed E-state index contributed by atoms with van der Waals surface area (Å²) in [5, 5.41) is 13.9. The summed E-state index contributed by atoms with van der Waals surface area (Å²) < 4.78 is 44.0. The number of rotatable bonds is 5. The number of nitrogens with one attached hydrogen (secondary N) is 1. The van der Waals surface area contributed by atoms with Crippen molar-refractivity contribution in [3.8, 4) is 28.4 Å². The SMILES string of the molecule is Cc1cc(OCC2CCC2)ccc1-c1ccc(-c2ncc(C(F)(F)F)[nH]2)cn1.O=C(O)O. The number of aromatic amines is 1. The fraction of sp³-hybridized carbons (Fsp3) is 0.318. The van der Waals surface area contributed by atoms with Crippen molar-refractivity contribution in [3.05, 3.63) is 54.0 Å². The van der Waals surface area contributed by atoms with Crippen LogP contribution in [0.1, 0.15) is 30.5 Å². The van der Waals surface area contributed by atoms with Crippen LogP contribution in [0.25, 0.3) is 22.6 Å². The maximum atomic E-state index is 12.7. The Bertz CT molecular complexity index is 1060. The van der Waals surface area contributed by atoms with Gasteiger partial charge in [0.2, 0.25) is 0 Å². The number of pyridine rings is 1. The number of aryl methyl sites for hydroxylation is 1. The van der Waals surface area contributed by atoms with E-state index in [0.29, 0.717) is 11.5 Å².